The number of rotatable bonds is 18. The van der Waals surface area contributed by atoms with E-state index in [2.05, 4.69) is 61.4 Å². The van der Waals surface area contributed by atoms with Crippen LogP contribution < -0.4 is 30.5 Å². The summed E-state index contributed by atoms with van der Waals surface area (Å²) >= 11 is 0. The minimum absolute atomic E-state index is 0.0728. The molecule has 2 aromatic carbocycles. The van der Waals surface area contributed by atoms with Crippen LogP contribution in [0.5, 0.6) is 5.75 Å². The van der Waals surface area contributed by atoms with Gasteiger partial charge in [-0.05, 0) is 94.3 Å². The average molecular weight is 931 g/mol. The normalized spacial score (nSPS) is 20.0. The molecule has 8 rings (SSSR count). The molecule has 5 aliphatic rings. The van der Waals surface area contributed by atoms with Gasteiger partial charge in [-0.15, -0.1) is 0 Å². The Hall–Kier alpha value is -6.09. The van der Waals surface area contributed by atoms with Crippen LogP contribution in [0, 0.1) is 11.8 Å². The maximum Gasteiger partial charge on any atom is 0.255 e. The number of hydrogen-bond donors (Lipinski definition) is 3. The Balaban J connectivity index is 0.707. The number of nitrogens with one attached hydrogen (secondary N) is 3. The molecule has 0 bridgehead atoms. The number of hydrogen-bond acceptors (Lipinski definition) is 13. The quantitative estimate of drug-likeness (QED) is 0.0896. The van der Waals surface area contributed by atoms with E-state index in [9.17, 15) is 24.0 Å². The van der Waals surface area contributed by atoms with Crippen molar-refractivity contribution in [1.82, 2.24) is 35.3 Å². The largest absolute Gasteiger partial charge is 0.495 e. The van der Waals surface area contributed by atoms with Gasteiger partial charge in [-0.25, -0.2) is 4.98 Å². The van der Waals surface area contributed by atoms with Crippen LogP contribution in [-0.2, 0) is 25.7 Å². The number of likely N-dealkylation sites (N-methyl/N-ethyl adjacent to an activating group) is 1. The number of piperidine rings is 2. The van der Waals surface area contributed by atoms with Gasteiger partial charge in [-0.3, -0.25) is 29.3 Å². The minimum Gasteiger partial charge on any atom is -0.495 e. The van der Waals surface area contributed by atoms with Gasteiger partial charge in [0, 0.05) is 101 Å². The molecule has 362 valence electrons. The van der Waals surface area contributed by atoms with E-state index in [-0.39, 0.29) is 48.2 Å². The number of aromatic nitrogens is 2. The first kappa shape index (κ1) is 48.4. The van der Waals surface area contributed by atoms with Crippen molar-refractivity contribution < 1.29 is 33.4 Å². The van der Waals surface area contributed by atoms with E-state index in [1.54, 1.807) is 48.4 Å². The lowest BCUT2D eigenvalue weighted by molar-refractivity contribution is -0.137. The summed E-state index contributed by atoms with van der Waals surface area (Å²) in [5, 5.41) is 8.90. The monoisotopic (exact) mass is 931 g/mol. The fraction of sp³-hybridized carbons (Fsp3) is 0.549. The third-order valence-corrected chi connectivity index (χ3v) is 14.1. The number of benzene rings is 2. The van der Waals surface area contributed by atoms with Crippen LogP contribution >= 0.6 is 0 Å². The molecule has 3 fully saturated rings. The van der Waals surface area contributed by atoms with Crippen molar-refractivity contribution in [2.24, 2.45) is 0 Å². The molecule has 0 radical (unpaired) electrons. The maximum atomic E-state index is 13.4. The van der Waals surface area contributed by atoms with Crippen molar-refractivity contribution in [2.75, 3.05) is 82.3 Å². The molecule has 5 amide bonds. The first-order chi connectivity index (χ1) is 33.0. The van der Waals surface area contributed by atoms with Crippen molar-refractivity contribution in [3.8, 4) is 17.6 Å². The highest BCUT2D eigenvalue weighted by molar-refractivity contribution is 6.06. The Morgan fingerprint density at radius 2 is 1.79 bits per heavy atom. The number of nitrogens with zero attached hydrogens (tertiary/aromatic N) is 7. The Bertz CT molecular complexity index is 2410. The number of anilines is 4. The van der Waals surface area contributed by atoms with E-state index >= 15 is 0 Å². The van der Waals surface area contributed by atoms with Crippen molar-refractivity contribution in [3.05, 3.63) is 64.8 Å². The second kappa shape index (κ2) is 22.3. The summed E-state index contributed by atoms with van der Waals surface area (Å²) in [4.78, 5) is 83.5. The van der Waals surface area contributed by atoms with Gasteiger partial charge in [-0.1, -0.05) is 37.7 Å². The minimum atomic E-state index is -0.642. The van der Waals surface area contributed by atoms with Gasteiger partial charge in [-0.2, -0.15) is 4.98 Å². The van der Waals surface area contributed by atoms with E-state index in [1.165, 1.54) is 0 Å². The maximum absolute atomic E-state index is 13.4. The highest BCUT2D eigenvalue weighted by atomic mass is 16.5. The number of amides is 5. The van der Waals surface area contributed by atoms with Crippen molar-refractivity contribution in [2.45, 2.75) is 115 Å². The lowest BCUT2D eigenvalue weighted by Crippen LogP contribution is -2.55. The van der Waals surface area contributed by atoms with Crippen LogP contribution in [-0.4, -0.2) is 146 Å². The van der Waals surface area contributed by atoms with E-state index in [4.69, 9.17) is 14.5 Å². The Labute approximate surface area is 399 Å². The average Bonchev–Trinajstić information content (AvgIpc) is 4.00. The molecule has 17 heteroatoms. The molecule has 68 heavy (non-hydrogen) atoms. The van der Waals surface area contributed by atoms with Crippen molar-refractivity contribution in [1.29, 1.82) is 0 Å². The van der Waals surface area contributed by atoms with Crippen LogP contribution in [0.2, 0.25) is 0 Å². The number of ether oxygens (including phenoxy) is 2. The third-order valence-electron chi connectivity index (χ3n) is 14.1. The molecule has 4 aliphatic heterocycles. The van der Waals surface area contributed by atoms with Gasteiger partial charge in [0.25, 0.3) is 11.8 Å². The van der Waals surface area contributed by atoms with Crippen molar-refractivity contribution >= 4 is 52.7 Å². The second-order valence-corrected chi connectivity index (χ2v) is 18.6. The molecule has 3 N–H and O–H groups in total. The van der Waals surface area contributed by atoms with Crippen LogP contribution in [0.1, 0.15) is 116 Å². The molecule has 0 spiro atoms. The molecule has 5 heterocycles. The molecule has 17 nitrogen and oxygen atoms in total. The molecule has 1 unspecified atom stereocenters. The number of carbonyl (C=O) groups excluding carboxylic acids is 5. The fourth-order valence-corrected chi connectivity index (χ4v) is 10.2. The van der Waals surface area contributed by atoms with Crippen molar-refractivity contribution in [3.63, 3.8) is 0 Å². The molecule has 1 saturated carbocycles. The number of methoxy groups -OCH3 is 1. The summed E-state index contributed by atoms with van der Waals surface area (Å²) in [5.41, 5.74) is 4.08. The molecule has 1 aliphatic carbocycles. The van der Waals surface area contributed by atoms with Crippen LogP contribution in [0.3, 0.4) is 0 Å². The summed E-state index contributed by atoms with van der Waals surface area (Å²) in [6.45, 7) is 8.27. The summed E-state index contributed by atoms with van der Waals surface area (Å²) < 4.78 is 11.7. The van der Waals surface area contributed by atoms with E-state index in [0.717, 1.165) is 101 Å². The second-order valence-electron chi connectivity index (χ2n) is 18.6. The predicted molar refractivity (Wildman–Crippen MR) is 259 cm³/mol. The lowest BCUT2D eigenvalue weighted by atomic mass is 10.0. The summed E-state index contributed by atoms with van der Waals surface area (Å²) in [6, 6.07) is 10.3. The first-order valence-electron chi connectivity index (χ1n) is 24.5. The van der Waals surface area contributed by atoms with Gasteiger partial charge in [0.05, 0.1) is 19.0 Å². The highest BCUT2D eigenvalue weighted by Gasteiger charge is 2.42. The number of fused-ring (bicyclic) bond motifs is 2. The topological polar surface area (TPSA) is 182 Å². The summed E-state index contributed by atoms with van der Waals surface area (Å²) in [6.07, 6.45) is 11.7. The molecule has 2 saturated heterocycles. The Morgan fingerprint density at radius 3 is 2.56 bits per heavy atom. The van der Waals surface area contributed by atoms with Gasteiger partial charge < -0.3 is 44.6 Å². The van der Waals surface area contributed by atoms with E-state index in [1.807, 2.05) is 18.2 Å². The Morgan fingerprint density at radius 1 is 1.00 bits per heavy atom. The van der Waals surface area contributed by atoms with Gasteiger partial charge in [0.1, 0.15) is 23.5 Å². The molecular formula is C51H66N10O7. The van der Waals surface area contributed by atoms with Gasteiger partial charge in [0.15, 0.2) is 5.82 Å². The zero-order valence-electron chi connectivity index (χ0n) is 40.0. The van der Waals surface area contributed by atoms with E-state index < -0.39 is 11.9 Å². The summed E-state index contributed by atoms with van der Waals surface area (Å²) in [7, 11) is 5.45. The lowest BCUT2D eigenvalue weighted by Gasteiger charge is -2.43. The smallest absolute Gasteiger partial charge is 0.255 e. The van der Waals surface area contributed by atoms with Crippen LogP contribution in [0.25, 0.3) is 0 Å². The van der Waals surface area contributed by atoms with Gasteiger partial charge >= 0.3 is 0 Å². The Kier molecular flexibility index (Phi) is 15.9. The third kappa shape index (κ3) is 11.1. The molecule has 1 aromatic heterocycles. The van der Waals surface area contributed by atoms with Crippen LogP contribution in [0.15, 0.2) is 42.6 Å². The zero-order chi connectivity index (χ0) is 47.7. The predicted octanol–water partition coefficient (Wildman–Crippen LogP) is 4.86. The first-order valence-corrected chi connectivity index (χ1v) is 24.5. The highest BCUT2D eigenvalue weighted by Crippen LogP contribution is 2.40. The fourth-order valence-electron chi connectivity index (χ4n) is 10.2. The SMILES string of the molecule is CC[C@@H]1C(=O)N(C)c2cnc(Nc3ccc(C(=O)NC4CCN(CCCOCCCN(C)CCC#Cc5cccc6c5CN(C5CCC(=O)NC5=O)C6=O)CC4)cc3OC)nc2N1C1CCCC1. The number of carbonyl (C=O) groups is 5. The van der Waals surface area contributed by atoms with Gasteiger partial charge in [0.2, 0.25) is 23.7 Å². The van der Waals surface area contributed by atoms with E-state index in [0.29, 0.717) is 73.2 Å². The standard InChI is InChI=1S/C51H66N10O7/c1-5-41-50(66)58(3)43-32-52-51(56-46(43)61(41)37-15-6-7-16-37)54-40-19-18-35(31-44(40)67-4)47(63)53-36-22-27-59(28-23-36)26-12-30-68-29-11-25-57(2)24-9-8-13-34-14-10-17-38-39(34)33-60(49(38)65)42-20-21-45(62)55-48(42)64/h10,14,17-19,31-32,36-37,41-42H,5-7,9,11-12,15-16,20-30,33H2,1-4H3,(H,53,63)(H,52,54,56)(H,55,62,64)/t41-,42?/m1/s1. The van der Waals surface area contributed by atoms with Crippen LogP contribution in [0.4, 0.5) is 23.1 Å². The molecular weight excluding hydrogens is 865 g/mol. The number of likely N-dealkylation sites (tertiary alicyclic amines) is 1. The molecule has 2 atom stereocenters. The molecule has 3 aromatic rings. The number of imide groups is 1. The summed E-state index contributed by atoms with van der Waals surface area (Å²) in [5.74, 6) is 7.22. The zero-order valence-corrected chi connectivity index (χ0v) is 40.0.